The Kier molecular flexibility index (Phi) is 5.39. The molecule has 2 aromatic carbocycles. The van der Waals surface area contributed by atoms with Gasteiger partial charge in [-0.1, -0.05) is 36.4 Å². The van der Waals surface area contributed by atoms with Gasteiger partial charge in [0.2, 0.25) is 0 Å². The van der Waals surface area contributed by atoms with Gasteiger partial charge in [-0.05, 0) is 42.2 Å². The van der Waals surface area contributed by atoms with Gasteiger partial charge in [-0.25, -0.2) is 0 Å². The van der Waals surface area contributed by atoms with Gasteiger partial charge < -0.3 is 9.64 Å². The van der Waals surface area contributed by atoms with Crippen LogP contribution in [0.25, 0.3) is 0 Å². The Morgan fingerprint density at radius 1 is 1.12 bits per heavy atom. The molecule has 4 heteroatoms. The molecule has 0 radical (unpaired) electrons. The zero-order valence-corrected chi connectivity index (χ0v) is 15.2. The van der Waals surface area contributed by atoms with Crippen molar-refractivity contribution in [3.05, 3.63) is 65.2 Å². The van der Waals surface area contributed by atoms with Gasteiger partial charge in [-0.3, -0.25) is 9.69 Å². The summed E-state index contributed by atoms with van der Waals surface area (Å²) >= 11 is 0. The molecule has 0 saturated heterocycles. The fourth-order valence-corrected chi connectivity index (χ4v) is 3.35. The van der Waals surface area contributed by atoms with Crippen LogP contribution in [0.15, 0.2) is 48.5 Å². The molecule has 4 nitrogen and oxygen atoms in total. The highest BCUT2D eigenvalue weighted by atomic mass is 16.5. The maximum Gasteiger partial charge on any atom is 0.323 e. The fourth-order valence-electron chi connectivity index (χ4n) is 3.35. The van der Waals surface area contributed by atoms with E-state index in [1.165, 1.54) is 22.4 Å². The van der Waals surface area contributed by atoms with Crippen molar-refractivity contribution >= 4 is 11.7 Å². The second-order valence-corrected chi connectivity index (χ2v) is 6.71. The van der Waals surface area contributed by atoms with Crippen molar-refractivity contribution in [3.63, 3.8) is 0 Å². The molecular weight excluding hydrogens is 312 g/mol. The molecule has 0 aliphatic carbocycles. The lowest BCUT2D eigenvalue weighted by Gasteiger charge is -2.35. The van der Waals surface area contributed by atoms with Gasteiger partial charge in [0.05, 0.1) is 6.61 Å². The first-order valence-corrected chi connectivity index (χ1v) is 8.82. The van der Waals surface area contributed by atoms with Crippen LogP contribution in [0.3, 0.4) is 0 Å². The number of carbonyl (C=O) groups is 1. The third-order valence-corrected chi connectivity index (χ3v) is 4.74. The molecule has 0 amide bonds. The minimum atomic E-state index is -0.219. The van der Waals surface area contributed by atoms with Crippen molar-refractivity contribution in [2.45, 2.75) is 32.5 Å². The van der Waals surface area contributed by atoms with Crippen molar-refractivity contribution in [3.8, 4) is 0 Å². The predicted octanol–water partition coefficient (Wildman–Crippen LogP) is 3.24. The standard InChI is InChI=1S/C21H26N2O2/c1-4-25-21(24)20-13-17-7-5-6-8-18(17)15-23(20)14-16-9-11-19(12-10-16)22(2)3/h5-12,20H,4,13-15H2,1-3H3. The minimum absolute atomic E-state index is 0.123. The number of esters is 1. The first kappa shape index (κ1) is 17.5. The molecule has 0 aromatic heterocycles. The lowest BCUT2D eigenvalue weighted by Crippen LogP contribution is -2.45. The second kappa shape index (κ2) is 7.70. The molecule has 0 saturated carbocycles. The summed E-state index contributed by atoms with van der Waals surface area (Å²) in [6, 6.07) is 16.7. The largest absolute Gasteiger partial charge is 0.465 e. The number of ether oxygens (including phenoxy) is 1. The third-order valence-electron chi connectivity index (χ3n) is 4.74. The van der Waals surface area contributed by atoms with Gasteiger partial charge in [0, 0.05) is 32.9 Å². The molecule has 2 aromatic rings. The highest BCUT2D eigenvalue weighted by Gasteiger charge is 2.32. The molecule has 0 N–H and O–H groups in total. The summed E-state index contributed by atoms with van der Waals surface area (Å²) in [5, 5.41) is 0. The van der Waals surface area contributed by atoms with Crippen LogP contribution in [0.1, 0.15) is 23.6 Å². The van der Waals surface area contributed by atoms with E-state index in [-0.39, 0.29) is 12.0 Å². The topological polar surface area (TPSA) is 32.8 Å². The number of hydrogen-bond donors (Lipinski definition) is 0. The van der Waals surface area contributed by atoms with Crippen molar-refractivity contribution in [1.82, 2.24) is 4.90 Å². The molecule has 1 aliphatic heterocycles. The first-order valence-electron chi connectivity index (χ1n) is 8.82. The Labute approximate surface area is 150 Å². The van der Waals surface area contributed by atoms with E-state index in [2.05, 4.69) is 52.3 Å². The molecule has 0 fully saturated rings. The summed E-state index contributed by atoms with van der Waals surface area (Å²) < 4.78 is 5.33. The zero-order chi connectivity index (χ0) is 17.8. The number of carbonyl (C=O) groups excluding carboxylic acids is 1. The van der Waals surface area contributed by atoms with Gasteiger partial charge in [-0.2, -0.15) is 0 Å². The van der Waals surface area contributed by atoms with Crippen LogP contribution in [0.5, 0.6) is 0 Å². The average Bonchev–Trinajstić information content (AvgIpc) is 2.61. The molecular formula is C21H26N2O2. The minimum Gasteiger partial charge on any atom is -0.465 e. The van der Waals surface area contributed by atoms with E-state index in [9.17, 15) is 4.79 Å². The van der Waals surface area contributed by atoms with Crippen molar-refractivity contribution < 1.29 is 9.53 Å². The monoisotopic (exact) mass is 338 g/mol. The molecule has 0 spiro atoms. The number of anilines is 1. The smallest absolute Gasteiger partial charge is 0.323 e. The van der Waals surface area contributed by atoms with E-state index in [1.54, 1.807) is 0 Å². The Bertz CT molecular complexity index is 725. The predicted molar refractivity (Wildman–Crippen MR) is 101 cm³/mol. The summed E-state index contributed by atoms with van der Waals surface area (Å²) in [5.74, 6) is -0.123. The van der Waals surface area contributed by atoms with Crippen LogP contribution < -0.4 is 4.90 Å². The number of nitrogens with zero attached hydrogens (tertiary/aromatic N) is 2. The molecule has 0 bridgehead atoms. The van der Waals surface area contributed by atoms with Gasteiger partial charge in [0.1, 0.15) is 6.04 Å². The molecule has 1 heterocycles. The van der Waals surface area contributed by atoms with Gasteiger partial charge in [0.25, 0.3) is 0 Å². The van der Waals surface area contributed by atoms with Crippen LogP contribution >= 0.6 is 0 Å². The van der Waals surface area contributed by atoms with E-state index >= 15 is 0 Å². The van der Waals surface area contributed by atoms with E-state index in [1.807, 2.05) is 27.1 Å². The van der Waals surface area contributed by atoms with Crippen LogP contribution in [0.2, 0.25) is 0 Å². The average molecular weight is 338 g/mol. The summed E-state index contributed by atoms with van der Waals surface area (Å²) in [7, 11) is 4.07. The third kappa shape index (κ3) is 4.02. The first-order chi connectivity index (χ1) is 12.1. The quantitative estimate of drug-likeness (QED) is 0.784. The lowest BCUT2D eigenvalue weighted by atomic mass is 9.93. The Balaban J connectivity index is 1.82. The number of fused-ring (bicyclic) bond motifs is 1. The summed E-state index contributed by atoms with van der Waals surface area (Å²) in [6.07, 6.45) is 0.713. The molecule has 1 atom stereocenters. The summed E-state index contributed by atoms with van der Waals surface area (Å²) in [4.78, 5) is 16.8. The molecule has 1 unspecified atom stereocenters. The van der Waals surface area contributed by atoms with Crippen LogP contribution in [0.4, 0.5) is 5.69 Å². The zero-order valence-electron chi connectivity index (χ0n) is 15.2. The fraction of sp³-hybridized carbons (Fsp3) is 0.381. The van der Waals surface area contributed by atoms with Gasteiger partial charge in [0.15, 0.2) is 0 Å². The maximum atomic E-state index is 12.5. The Morgan fingerprint density at radius 3 is 2.44 bits per heavy atom. The molecule has 3 rings (SSSR count). The highest BCUT2D eigenvalue weighted by molar-refractivity contribution is 5.76. The van der Waals surface area contributed by atoms with Crippen LogP contribution in [0, 0.1) is 0 Å². The van der Waals surface area contributed by atoms with Crippen molar-refractivity contribution in [2.75, 3.05) is 25.6 Å². The van der Waals surface area contributed by atoms with E-state index in [0.29, 0.717) is 13.0 Å². The van der Waals surface area contributed by atoms with Gasteiger partial charge in [-0.15, -0.1) is 0 Å². The number of benzene rings is 2. The lowest BCUT2D eigenvalue weighted by molar-refractivity contribution is -0.150. The van der Waals surface area contributed by atoms with Gasteiger partial charge >= 0.3 is 5.97 Å². The van der Waals surface area contributed by atoms with Crippen LogP contribution in [-0.4, -0.2) is 37.6 Å². The van der Waals surface area contributed by atoms with Crippen LogP contribution in [-0.2, 0) is 29.0 Å². The van der Waals surface area contributed by atoms with Crippen molar-refractivity contribution in [1.29, 1.82) is 0 Å². The van der Waals surface area contributed by atoms with E-state index in [4.69, 9.17) is 4.74 Å². The Hall–Kier alpha value is -2.33. The second-order valence-electron chi connectivity index (χ2n) is 6.71. The van der Waals surface area contributed by atoms with E-state index < -0.39 is 0 Å². The molecule has 25 heavy (non-hydrogen) atoms. The summed E-state index contributed by atoms with van der Waals surface area (Å²) in [5.41, 5.74) is 4.93. The Morgan fingerprint density at radius 2 is 1.80 bits per heavy atom. The SMILES string of the molecule is CCOC(=O)C1Cc2ccccc2CN1Cc1ccc(N(C)C)cc1. The van der Waals surface area contributed by atoms with E-state index in [0.717, 1.165) is 13.1 Å². The van der Waals surface area contributed by atoms with Crippen molar-refractivity contribution in [2.24, 2.45) is 0 Å². The number of rotatable bonds is 5. The molecule has 1 aliphatic rings. The normalized spacial score (nSPS) is 17.0. The maximum absolute atomic E-state index is 12.5. The highest BCUT2D eigenvalue weighted by Crippen LogP contribution is 2.26. The molecule has 132 valence electrons. The number of hydrogen-bond acceptors (Lipinski definition) is 4. The summed E-state index contributed by atoms with van der Waals surface area (Å²) in [6.45, 7) is 3.79.